The Hall–Kier alpha value is -0.860. The van der Waals surface area contributed by atoms with Gasteiger partial charge in [-0.15, -0.1) is 0 Å². The van der Waals surface area contributed by atoms with Gasteiger partial charge >= 0.3 is 35.5 Å². The molecule has 4 N–H and O–H groups in total. The summed E-state index contributed by atoms with van der Waals surface area (Å²) in [4.78, 5) is 13.9. The van der Waals surface area contributed by atoms with Gasteiger partial charge in [0.2, 0.25) is 0 Å². The number of carboxylic acids is 1. The summed E-state index contributed by atoms with van der Waals surface area (Å²) < 4.78 is 0. The molecular weight excluding hydrogens is 295 g/mol. The molecule has 120 valence electrons. The number of nitrogens with one attached hydrogen (secondary N) is 3. The number of aliphatic carboxylic acids is 1. The average Bonchev–Trinajstić information content (AvgIpc) is 2.46. The summed E-state index contributed by atoms with van der Waals surface area (Å²) in [7, 11) is 0. The Bertz CT molecular complexity index is 360. The van der Waals surface area contributed by atoms with Gasteiger partial charge in [-0.3, -0.25) is 4.99 Å². The van der Waals surface area contributed by atoms with Gasteiger partial charge in [0.05, 0.1) is 6.54 Å². The minimum absolute atomic E-state index is 0. The molecule has 0 heterocycles. The third kappa shape index (κ3) is 19.1. The summed E-state index contributed by atoms with van der Waals surface area (Å²) >= 11 is 0. The van der Waals surface area contributed by atoms with E-state index in [0.29, 0.717) is 13.1 Å². The van der Waals surface area contributed by atoms with Gasteiger partial charge in [0, 0.05) is 38.8 Å². The van der Waals surface area contributed by atoms with E-state index < -0.39 is 11.9 Å². The van der Waals surface area contributed by atoms with E-state index in [2.05, 4.69) is 33.9 Å². The van der Waals surface area contributed by atoms with E-state index in [4.69, 9.17) is 5.11 Å². The van der Waals surface area contributed by atoms with Gasteiger partial charge in [-0.1, -0.05) is 13.0 Å². The number of hydrogen-bond acceptors (Lipinski definition) is 6. The summed E-state index contributed by atoms with van der Waals surface area (Å²) in [5.41, 5.74) is 0. The maximum Gasteiger partial charge on any atom is 1.00 e. The molecule has 0 spiro atoms. The molecule has 0 aliphatic carbocycles. The van der Waals surface area contributed by atoms with Gasteiger partial charge in [-0.2, -0.15) is 0 Å². The van der Waals surface area contributed by atoms with Crippen LogP contribution in [0, 0.1) is 0 Å². The topological polar surface area (TPSA) is 109 Å². The zero-order valence-corrected chi connectivity index (χ0v) is 15.5. The van der Waals surface area contributed by atoms with E-state index in [1.54, 1.807) is 0 Å². The van der Waals surface area contributed by atoms with Crippen LogP contribution in [0.1, 0.15) is 13.3 Å². The van der Waals surface area contributed by atoms with Crippen molar-refractivity contribution in [3.8, 4) is 0 Å². The normalized spacial score (nSPS) is 11.8. The Morgan fingerprint density at radius 3 is 2.41 bits per heavy atom. The van der Waals surface area contributed by atoms with Crippen LogP contribution in [-0.4, -0.2) is 56.2 Å². The number of rotatable bonds is 13. The number of nitrogens with zero attached hydrogens (tertiary/aromatic N) is 1. The fraction of sp³-hybridized carbons (Fsp3) is 0.571. The fourth-order valence-electron chi connectivity index (χ4n) is 1.31. The largest absolute Gasteiger partial charge is 1.00 e. The molecule has 0 radical (unpaired) electrons. The van der Waals surface area contributed by atoms with Crippen molar-refractivity contribution in [3.63, 3.8) is 0 Å². The van der Waals surface area contributed by atoms with Crippen molar-refractivity contribution in [2.45, 2.75) is 13.3 Å². The first kappa shape index (κ1) is 23.4. The molecule has 0 saturated carbocycles. The van der Waals surface area contributed by atoms with E-state index in [1.807, 2.05) is 6.20 Å². The molecule has 0 atom stereocenters. The van der Waals surface area contributed by atoms with Crippen LogP contribution in [0.5, 0.6) is 0 Å². The second-order valence-electron chi connectivity index (χ2n) is 4.16. The molecule has 0 aliphatic heterocycles. The van der Waals surface area contributed by atoms with Crippen LogP contribution in [0.3, 0.4) is 0 Å². The second-order valence-corrected chi connectivity index (χ2v) is 4.16. The summed E-state index contributed by atoms with van der Waals surface area (Å²) in [6, 6.07) is 0. The first-order valence-corrected chi connectivity index (χ1v) is 7.09. The van der Waals surface area contributed by atoms with Crippen molar-refractivity contribution < 1.29 is 44.6 Å². The number of carbonyl (C=O) groups is 1. The van der Waals surface area contributed by atoms with Crippen LogP contribution in [0.4, 0.5) is 0 Å². The van der Waals surface area contributed by atoms with E-state index >= 15 is 0 Å². The molecule has 0 unspecified atom stereocenters. The number of allylic oxidation sites excluding steroid dienone is 1. The molecule has 0 aromatic rings. The van der Waals surface area contributed by atoms with Crippen LogP contribution >= 0.6 is 0 Å². The number of aliphatic imine (C=N–C) groups is 1. The Labute approximate surface area is 154 Å². The van der Waals surface area contributed by atoms with Crippen molar-refractivity contribution in [2.24, 2.45) is 4.99 Å². The quantitative estimate of drug-likeness (QED) is 0.0908. The van der Waals surface area contributed by atoms with E-state index in [9.17, 15) is 9.90 Å². The van der Waals surface area contributed by atoms with Gasteiger partial charge in [-0.05, 0) is 24.6 Å². The zero-order chi connectivity index (χ0) is 15.8. The van der Waals surface area contributed by atoms with Crippen LogP contribution in [0.15, 0.2) is 29.4 Å². The van der Waals surface area contributed by atoms with Gasteiger partial charge in [0.15, 0.2) is 0 Å². The third-order valence-electron chi connectivity index (χ3n) is 2.32. The Balaban J connectivity index is 0. The minimum Gasteiger partial charge on any atom is -0.859 e. The SMILES string of the molecule is CC/C=C/NCCNCCNCCN=C([O-])/C=C/C(=O)O.[Na+]. The molecule has 8 heteroatoms. The molecule has 0 rings (SSSR count). The molecule has 0 aromatic carbocycles. The predicted octanol–water partition coefficient (Wildman–Crippen LogP) is -3.92. The first-order chi connectivity index (χ1) is 10.2. The Morgan fingerprint density at radius 1 is 1.14 bits per heavy atom. The third-order valence-corrected chi connectivity index (χ3v) is 2.32. The standard InChI is InChI=1S/C14H26N4O3.Na/c1-2-3-6-15-7-8-16-9-10-17-11-12-18-13(19)4-5-14(20)21;/h3-6,15-17H,2,7-12H2,1H3,(H,18,19)(H,20,21);/q;+1/p-1/b5-4+,6-3+;. The summed E-state index contributed by atoms with van der Waals surface area (Å²) in [6.07, 6.45) is 6.79. The van der Waals surface area contributed by atoms with Crippen LogP contribution in [0.2, 0.25) is 0 Å². The monoisotopic (exact) mass is 320 g/mol. The van der Waals surface area contributed by atoms with Gasteiger partial charge in [0.25, 0.3) is 0 Å². The Morgan fingerprint density at radius 2 is 1.77 bits per heavy atom. The molecule has 0 bridgehead atoms. The molecular formula is C14H25N4NaO3. The zero-order valence-electron chi connectivity index (χ0n) is 13.5. The maximum absolute atomic E-state index is 11.1. The molecule has 0 amide bonds. The van der Waals surface area contributed by atoms with Crippen molar-refractivity contribution in [1.29, 1.82) is 0 Å². The summed E-state index contributed by atoms with van der Waals surface area (Å²) in [6.45, 7) is 6.42. The van der Waals surface area contributed by atoms with Crippen molar-refractivity contribution in [1.82, 2.24) is 16.0 Å². The molecule has 7 nitrogen and oxygen atoms in total. The Kier molecular flexibility index (Phi) is 19.4. The van der Waals surface area contributed by atoms with Crippen LogP contribution in [-0.2, 0) is 4.79 Å². The smallest absolute Gasteiger partial charge is 0.859 e. The number of hydrogen-bond donors (Lipinski definition) is 4. The summed E-state index contributed by atoms with van der Waals surface area (Å²) in [5, 5.41) is 28.9. The van der Waals surface area contributed by atoms with Crippen LogP contribution in [0.25, 0.3) is 0 Å². The van der Waals surface area contributed by atoms with Gasteiger partial charge in [-0.25, -0.2) is 4.79 Å². The van der Waals surface area contributed by atoms with Gasteiger partial charge < -0.3 is 26.2 Å². The van der Waals surface area contributed by atoms with Crippen molar-refractivity contribution in [2.75, 3.05) is 39.3 Å². The second kappa shape index (κ2) is 18.2. The molecule has 22 heavy (non-hydrogen) atoms. The molecule has 0 aliphatic rings. The predicted molar refractivity (Wildman–Crippen MR) is 82.3 cm³/mol. The fourth-order valence-corrected chi connectivity index (χ4v) is 1.31. The molecule has 0 fully saturated rings. The van der Waals surface area contributed by atoms with E-state index in [1.165, 1.54) is 0 Å². The minimum atomic E-state index is -1.15. The van der Waals surface area contributed by atoms with E-state index in [0.717, 1.165) is 44.8 Å². The maximum atomic E-state index is 11.1. The molecule has 0 saturated heterocycles. The van der Waals surface area contributed by atoms with E-state index in [-0.39, 0.29) is 29.6 Å². The van der Waals surface area contributed by atoms with Crippen molar-refractivity contribution in [3.05, 3.63) is 24.4 Å². The first-order valence-electron chi connectivity index (χ1n) is 7.09. The molecule has 0 aromatic heterocycles. The number of carboxylic acid groups (broad SMARTS) is 1. The van der Waals surface area contributed by atoms with Crippen molar-refractivity contribution >= 4 is 11.9 Å². The van der Waals surface area contributed by atoms with Crippen LogP contribution < -0.4 is 50.6 Å². The summed E-state index contributed by atoms with van der Waals surface area (Å²) in [5.74, 6) is -1.68. The van der Waals surface area contributed by atoms with Gasteiger partial charge in [0.1, 0.15) is 0 Å². The average molecular weight is 320 g/mol.